The molecule has 0 saturated carbocycles. The molecule has 8 heteroatoms. The van der Waals surface area contributed by atoms with Gasteiger partial charge in [0.05, 0.1) is 5.25 Å². The van der Waals surface area contributed by atoms with Crippen molar-refractivity contribution in [3.05, 3.63) is 70.5 Å². The Morgan fingerprint density at radius 2 is 1.80 bits per heavy atom. The molecule has 30 heavy (non-hydrogen) atoms. The maximum absolute atomic E-state index is 12.4. The standard InChI is InChI=1S/C22H27N5O2S/c1-14-8-10-18(11-9-14)12-24-21(28)17(4)30-22-26-25-19(27(22)23)13-29-20-15(2)6-5-7-16(20)3/h5-11,17H,12-13,23H2,1-4H3,(H,24,28)/t17-/m1/s1. The molecule has 0 radical (unpaired) electrons. The fourth-order valence-electron chi connectivity index (χ4n) is 2.90. The van der Waals surface area contributed by atoms with Crippen LogP contribution in [0.1, 0.15) is 35.0 Å². The van der Waals surface area contributed by atoms with Crippen LogP contribution in [0.2, 0.25) is 0 Å². The highest BCUT2D eigenvalue weighted by Gasteiger charge is 2.19. The number of nitrogen functional groups attached to an aromatic ring is 1. The number of hydrogen-bond acceptors (Lipinski definition) is 6. The first-order chi connectivity index (χ1) is 14.3. The predicted molar refractivity (Wildman–Crippen MR) is 119 cm³/mol. The Bertz CT molecular complexity index is 997. The van der Waals surface area contributed by atoms with Crippen LogP contribution in [0.5, 0.6) is 5.75 Å². The molecule has 1 aromatic heterocycles. The van der Waals surface area contributed by atoms with Gasteiger partial charge in [-0.25, -0.2) is 4.68 Å². The molecule has 0 fully saturated rings. The van der Waals surface area contributed by atoms with E-state index in [1.165, 1.54) is 22.0 Å². The summed E-state index contributed by atoms with van der Waals surface area (Å²) in [6.07, 6.45) is 0. The fraction of sp³-hybridized carbons (Fsp3) is 0.318. The van der Waals surface area contributed by atoms with Crippen molar-refractivity contribution < 1.29 is 9.53 Å². The van der Waals surface area contributed by atoms with Crippen molar-refractivity contribution in [2.75, 3.05) is 5.84 Å². The van der Waals surface area contributed by atoms with Crippen molar-refractivity contribution in [2.24, 2.45) is 0 Å². The van der Waals surface area contributed by atoms with Crippen molar-refractivity contribution >= 4 is 17.7 Å². The van der Waals surface area contributed by atoms with Gasteiger partial charge in [-0.15, -0.1) is 10.2 Å². The van der Waals surface area contributed by atoms with Crippen LogP contribution in [0.3, 0.4) is 0 Å². The topological polar surface area (TPSA) is 95.1 Å². The van der Waals surface area contributed by atoms with Crippen LogP contribution in [0.15, 0.2) is 47.6 Å². The second-order valence-corrected chi connectivity index (χ2v) is 8.55. The van der Waals surface area contributed by atoms with Crippen LogP contribution in [-0.4, -0.2) is 26.0 Å². The van der Waals surface area contributed by atoms with Gasteiger partial charge in [0.15, 0.2) is 5.82 Å². The second-order valence-electron chi connectivity index (χ2n) is 7.24. The van der Waals surface area contributed by atoms with Gasteiger partial charge in [-0.2, -0.15) is 0 Å². The van der Waals surface area contributed by atoms with Gasteiger partial charge >= 0.3 is 0 Å². The van der Waals surface area contributed by atoms with Gasteiger partial charge in [-0.05, 0) is 44.4 Å². The molecule has 0 aliphatic rings. The number of carbonyl (C=O) groups excluding carboxylic acids is 1. The first-order valence-corrected chi connectivity index (χ1v) is 10.6. The summed E-state index contributed by atoms with van der Waals surface area (Å²) in [4.78, 5) is 12.4. The van der Waals surface area contributed by atoms with Gasteiger partial charge in [0.1, 0.15) is 12.4 Å². The predicted octanol–water partition coefficient (Wildman–Crippen LogP) is 3.29. The monoisotopic (exact) mass is 425 g/mol. The van der Waals surface area contributed by atoms with E-state index in [0.29, 0.717) is 17.5 Å². The van der Waals surface area contributed by atoms with Crippen LogP contribution < -0.4 is 15.9 Å². The van der Waals surface area contributed by atoms with Gasteiger partial charge in [0.25, 0.3) is 0 Å². The number of amides is 1. The minimum atomic E-state index is -0.366. The van der Waals surface area contributed by atoms with Crippen molar-refractivity contribution in [3.63, 3.8) is 0 Å². The number of nitrogens with two attached hydrogens (primary N) is 1. The van der Waals surface area contributed by atoms with Crippen molar-refractivity contribution in [1.82, 2.24) is 20.2 Å². The van der Waals surface area contributed by atoms with Crippen LogP contribution in [0.25, 0.3) is 0 Å². The number of ether oxygens (including phenoxy) is 1. The summed E-state index contributed by atoms with van der Waals surface area (Å²) < 4.78 is 7.28. The Hall–Kier alpha value is -3.00. The molecule has 0 saturated heterocycles. The van der Waals surface area contributed by atoms with E-state index in [1.54, 1.807) is 0 Å². The molecule has 3 N–H and O–H groups in total. The first kappa shape index (κ1) is 21.7. The van der Waals surface area contributed by atoms with Crippen LogP contribution in [-0.2, 0) is 17.9 Å². The van der Waals surface area contributed by atoms with Crippen LogP contribution in [0.4, 0.5) is 0 Å². The SMILES string of the molecule is Cc1ccc(CNC(=O)[C@@H](C)Sc2nnc(COc3c(C)cccc3C)n2N)cc1. The Morgan fingerprint density at radius 3 is 2.47 bits per heavy atom. The molecule has 1 amide bonds. The molecule has 158 valence electrons. The number of aromatic nitrogens is 3. The number of benzene rings is 2. The van der Waals surface area contributed by atoms with E-state index in [2.05, 4.69) is 15.5 Å². The molecule has 0 aliphatic heterocycles. The zero-order valence-electron chi connectivity index (χ0n) is 17.7. The maximum atomic E-state index is 12.4. The Morgan fingerprint density at radius 1 is 1.13 bits per heavy atom. The molecule has 3 aromatic rings. The summed E-state index contributed by atoms with van der Waals surface area (Å²) in [5.41, 5.74) is 4.34. The van der Waals surface area contributed by atoms with E-state index in [1.807, 2.05) is 70.2 Å². The highest BCUT2D eigenvalue weighted by molar-refractivity contribution is 8.00. The minimum absolute atomic E-state index is 0.0862. The van der Waals surface area contributed by atoms with Crippen LogP contribution >= 0.6 is 11.8 Å². The van der Waals surface area contributed by atoms with E-state index < -0.39 is 0 Å². The molecule has 0 bridgehead atoms. The quantitative estimate of drug-likeness (QED) is 0.425. The summed E-state index contributed by atoms with van der Waals surface area (Å²) in [6.45, 7) is 8.52. The molecule has 3 rings (SSSR count). The summed E-state index contributed by atoms with van der Waals surface area (Å²) >= 11 is 1.26. The van der Waals surface area contributed by atoms with Crippen molar-refractivity contribution in [2.45, 2.75) is 51.3 Å². The van der Waals surface area contributed by atoms with Gasteiger partial charge in [0.2, 0.25) is 11.1 Å². The summed E-state index contributed by atoms with van der Waals surface area (Å²) in [5.74, 6) is 7.36. The first-order valence-electron chi connectivity index (χ1n) is 9.73. The van der Waals surface area contributed by atoms with Gasteiger partial charge in [-0.3, -0.25) is 4.79 Å². The number of para-hydroxylation sites is 1. The van der Waals surface area contributed by atoms with Crippen LogP contribution in [0, 0.1) is 20.8 Å². The van der Waals surface area contributed by atoms with E-state index in [0.717, 1.165) is 22.4 Å². The average Bonchev–Trinajstić information content (AvgIpc) is 3.06. The lowest BCUT2D eigenvalue weighted by Gasteiger charge is -2.13. The van der Waals surface area contributed by atoms with Crippen molar-refractivity contribution in [3.8, 4) is 5.75 Å². The van der Waals surface area contributed by atoms with E-state index in [9.17, 15) is 4.79 Å². The smallest absolute Gasteiger partial charge is 0.233 e. The number of rotatable bonds is 8. The number of carbonyl (C=O) groups is 1. The number of thioether (sulfide) groups is 1. The zero-order chi connectivity index (χ0) is 21.7. The zero-order valence-corrected chi connectivity index (χ0v) is 18.5. The Labute approximate surface area is 181 Å². The van der Waals surface area contributed by atoms with Gasteiger partial charge in [0, 0.05) is 6.54 Å². The Balaban J connectivity index is 1.55. The number of hydrogen-bond donors (Lipinski definition) is 2. The van der Waals surface area contributed by atoms with Gasteiger partial charge in [-0.1, -0.05) is 59.8 Å². The lowest BCUT2D eigenvalue weighted by Crippen LogP contribution is -2.31. The number of aryl methyl sites for hydroxylation is 3. The van der Waals surface area contributed by atoms with E-state index >= 15 is 0 Å². The van der Waals surface area contributed by atoms with Crippen molar-refractivity contribution in [1.29, 1.82) is 0 Å². The third-order valence-corrected chi connectivity index (χ3v) is 5.79. The minimum Gasteiger partial charge on any atom is -0.485 e. The fourth-order valence-corrected chi connectivity index (χ4v) is 3.71. The Kier molecular flexibility index (Phi) is 6.99. The molecule has 1 heterocycles. The summed E-state index contributed by atoms with van der Waals surface area (Å²) in [7, 11) is 0. The molecule has 1 atom stereocenters. The molecule has 7 nitrogen and oxygen atoms in total. The molecule has 0 aliphatic carbocycles. The average molecular weight is 426 g/mol. The third kappa shape index (κ3) is 5.33. The highest BCUT2D eigenvalue weighted by atomic mass is 32.2. The molecule has 0 spiro atoms. The molecular weight excluding hydrogens is 398 g/mol. The van der Waals surface area contributed by atoms with E-state index in [-0.39, 0.29) is 17.8 Å². The third-order valence-electron chi connectivity index (χ3n) is 4.73. The summed E-state index contributed by atoms with van der Waals surface area (Å²) in [6, 6.07) is 14.0. The van der Waals surface area contributed by atoms with Gasteiger partial charge < -0.3 is 15.9 Å². The molecule has 2 aromatic carbocycles. The number of nitrogens with zero attached hydrogens (tertiary/aromatic N) is 3. The normalized spacial score (nSPS) is 11.9. The second kappa shape index (κ2) is 9.67. The molecule has 0 unspecified atom stereocenters. The molecular formula is C22H27N5O2S. The maximum Gasteiger partial charge on any atom is 0.233 e. The lowest BCUT2D eigenvalue weighted by molar-refractivity contribution is -0.120. The lowest BCUT2D eigenvalue weighted by atomic mass is 10.1. The summed E-state index contributed by atoms with van der Waals surface area (Å²) in [5, 5.41) is 11.3. The highest BCUT2D eigenvalue weighted by Crippen LogP contribution is 2.24. The van der Waals surface area contributed by atoms with E-state index in [4.69, 9.17) is 10.6 Å². The number of nitrogens with one attached hydrogen (secondary N) is 1. The largest absolute Gasteiger partial charge is 0.485 e.